The van der Waals surface area contributed by atoms with Gasteiger partial charge in [0.05, 0.1) is 17.9 Å². The quantitative estimate of drug-likeness (QED) is 0.451. The molecule has 0 saturated heterocycles. The normalized spacial score (nSPS) is 10.7. The van der Waals surface area contributed by atoms with E-state index in [9.17, 15) is 9.59 Å². The van der Waals surface area contributed by atoms with Crippen molar-refractivity contribution >= 4 is 29.2 Å². The van der Waals surface area contributed by atoms with Gasteiger partial charge in [-0.3, -0.25) is 9.48 Å². The van der Waals surface area contributed by atoms with Crippen LogP contribution in [0, 0.1) is 0 Å². The summed E-state index contributed by atoms with van der Waals surface area (Å²) in [6.07, 6.45) is 6.27. The number of carbonyl (C=O) groups excluding carboxylic acids is 2. The number of ether oxygens (including phenoxy) is 1. The van der Waals surface area contributed by atoms with E-state index in [1.54, 1.807) is 47.4 Å². The lowest BCUT2D eigenvalue weighted by Gasteiger charge is -2.11. The van der Waals surface area contributed by atoms with Gasteiger partial charge < -0.3 is 14.5 Å². The highest BCUT2D eigenvalue weighted by Gasteiger charge is 2.16. The minimum atomic E-state index is -0.751. The number of aromatic nitrogens is 5. The van der Waals surface area contributed by atoms with Gasteiger partial charge in [0, 0.05) is 17.4 Å². The number of benzene rings is 1. The van der Waals surface area contributed by atoms with Crippen LogP contribution in [0.5, 0.6) is 0 Å². The van der Waals surface area contributed by atoms with Crippen LogP contribution in [-0.4, -0.2) is 43.0 Å². The van der Waals surface area contributed by atoms with Crippen LogP contribution in [0.15, 0.2) is 65.9 Å². The zero-order chi connectivity index (χ0) is 20.9. The summed E-state index contributed by atoms with van der Waals surface area (Å²) in [5.74, 6) is -0.766. The van der Waals surface area contributed by atoms with Crippen LogP contribution in [0.2, 0.25) is 5.02 Å². The van der Waals surface area contributed by atoms with Gasteiger partial charge in [0.1, 0.15) is 18.4 Å². The standard InChI is InChI=1S/C19H15ClN6O4/c20-13-2-4-16(26-12-21-11-23-26)15(8-13)24-18(27)10-29-19(28)17-5-3-14(30-17)9-25-7-1-6-22-25/h1-8,11-12H,9-10H2,(H,24,27). The molecule has 3 heterocycles. The van der Waals surface area contributed by atoms with Crippen molar-refractivity contribution in [1.29, 1.82) is 0 Å². The third-order valence-electron chi connectivity index (χ3n) is 3.97. The molecule has 152 valence electrons. The number of hydrogen-bond donors (Lipinski definition) is 1. The number of halogens is 1. The summed E-state index contributed by atoms with van der Waals surface area (Å²) < 4.78 is 13.6. The highest BCUT2D eigenvalue weighted by molar-refractivity contribution is 6.31. The molecule has 30 heavy (non-hydrogen) atoms. The van der Waals surface area contributed by atoms with Crippen molar-refractivity contribution in [2.24, 2.45) is 0 Å². The van der Waals surface area contributed by atoms with Crippen LogP contribution in [0.25, 0.3) is 5.69 Å². The Morgan fingerprint density at radius 2 is 2.10 bits per heavy atom. The lowest BCUT2D eigenvalue weighted by molar-refractivity contribution is -0.119. The number of esters is 1. The Labute approximate surface area is 175 Å². The van der Waals surface area contributed by atoms with Crippen LogP contribution in [0.3, 0.4) is 0 Å². The van der Waals surface area contributed by atoms with Gasteiger partial charge in [-0.25, -0.2) is 14.5 Å². The number of amides is 1. The van der Waals surface area contributed by atoms with Gasteiger partial charge in [-0.15, -0.1) is 0 Å². The molecule has 11 heteroatoms. The minimum absolute atomic E-state index is 0.00369. The summed E-state index contributed by atoms with van der Waals surface area (Å²) in [6, 6.07) is 9.82. The molecule has 1 aromatic carbocycles. The second-order valence-electron chi connectivity index (χ2n) is 6.10. The Kier molecular flexibility index (Phi) is 5.57. The smallest absolute Gasteiger partial charge is 0.374 e. The van der Waals surface area contributed by atoms with E-state index in [1.807, 2.05) is 0 Å². The van der Waals surface area contributed by atoms with Crippen LogP contribution in [-0.2, 0) is 16.1 Å². The van der Waals surface area contributed by atoms with E-state index in [1.165, 1.54) is 23.4 Å². The van der Waals surface area contributed by atoms with Gasteiger partial charge in [0.15, 0.2) is 6.61 Å². The van der Waals surface area contributed by atoms with E-state index in [2.05, 4.69) is 20.5 Å². The molecule has 10 nitrogen and oxygen atoms in total. The zero-order valence-corrected chi connectivity index (χ0v) is 16.2. The monoisotopic (exact) mass is 426 g/mol. The Morgan fingerprint density at radius 1 is 1.20 bits per heavy atom. The fourth-order valence-electron chi connectivity index (χ4n) is 2.66. The SMILES string of the molecule is O=C(COC(=O)c1ccc(Cn2cccn2)o1)Nc1cc(Cl)ccc1-n1cncn1. The topological polar surface area (TPSA) is 117 Å². The van der Waals surface area contributed by atoms with Gasteiger partial charge in [-0.05, 0) is 36.4 Å². The molecule has 3 aromatic heterocycles. The maximum Gasteiger partial charge on any atom is 0.374 e. The minimum Gasteiger partial charge on any atom is -0.452 e. The summed E-state index contributed by atoms with van der Waals surface area (Å²) >= 11 is 6.02. The van der Waals surface area contributed by atoms with Crippen molar-refractivity contribution in [2.45, 2.75) is 6.54 Å². The maximum atomic E-state index is 12.3. The summed E-state index contributed by atoms with van der Waals surface area (Å²) in [7, 11) is 0. The van der Waals surface area contributed by atoms with E-state index in [0.29, 0.717) is 28.7 Å². The lowest BCUT2D eigenvalue weighted by atomic mass is 10.2. The molecule has 0 atom stereocenters. The molecule has 0 aliphatic heterocycles. The zero-order valence-electron chi connectivity index (χ0n) is 15.4. The first-order valence-electron chi connectivity index (χ1n) is 8.76. The van der Waals surface area contributed by atoms with Crippen LogP contribution >= 0.6 is 11.6 Å². The van der Waals surface area contributed by atoms with Gasteiger partial charge in [0.25, 0.3) is 5.91 Å². The van der Waals surface area contributed by atoms with Gasteiger partial charge in [-0.1, -0.05) is 11.6 Å². The third kappa shape index (κ3) is 4.55. The van der Waals surface area contributed by atoms with E-state index in [0.717, 1.165) is 0 Å². The Hall–Kier alpha value is -3.92. The van der Waals surface area contributed by atoms with Crippen molar-refractivity contribution in [3.05, 3.63) is 78.0 Å². The fraction of sp³-hybridized carbons (Fsp3) is 0.105. The molecule has 0 saturated carbocycles. The summed E-state index contributed by atoms with van der Waals surface area (Å²) in [5.41, 5.74) is 0.958. The van der Waals surface area contributed by atoms with Gasteiger partial charge >= 0.3 is 5.97 Å². The number of anilines is 1. The number of furan rings is 1. The molecular formula is C19H15ClN6O4. The van der Waals surface area contributed by atoms with E-state index in [-0.39, 0.29) is 5.76 Å². The average Bonchev–Trinajstić information content (AvgIpc) is 3.49. The fourth-order valence-corrected chi connectivity index (χ4v) is 2.83. The van der Waals surface area contributed by atoms with Crippen molar-refractivity contribution in [3.63, 3.8) is 0 Å². The maximum absolute atomic E-state index is 12.3. The molecule has 0 unspecified atom stereocenters. The van der Waals surface area contributed by atoms with E-state index >= 15 is 0 Å². The highest BCUT2D eigenvalue weighted by atomic mass is 35.5. The van der Waals surface area contributed by atoms with E-state index in [4.69, 9.17) is 20.8 Å². The first-order valence-corrected chi connectivity index (χ1v) is 9.14. The van der Waals surface area contributed by atoms with Crippen molar-refractivity contribution < 1.29 is 18.7 Å². The van der Waals surface area contributed by atoms with Crippen LogP contribution in [0.4, 0.5) is 5.69 Å². The second kappa shape index (κ2) is 8.62. The number of rotatable bonds is 7. The largest absolute Gasteiger partial charge is 0.452 e. The number of nitrogens with zero attached hydrogens (tertiary/aromatic N) is 5. The molecule has 0 aliphatic carbocycles. The Morgan fingerprint density at radius 3 is 2.87 bits per heavy atom. The molecular weight excluding hydrogens is 412 g/mol. The lowest BCUT2D eigenvalue weighted by Crippen LogP contribution is -2.21. The molecule has 1 N–H and O–H groups in total. The molecule has 4 aromatic rings. The van der Waals surface area contributed by atoms with Crippen LogP contribution in [0.1, 0.15) is 16.3 Å². The molecule has 1 amide bonds. The third-order valence-corrected chi connectivity index (χ3v) is 4.21. The Bertz CT molecular complexity index is 1150. The number of carbonyl (C=O) groups is 2. The van der Waals surface area contributed by atoms with Crippen molar-refractivity contribution in [2.75, 3.05) is 11.9 Å². The van der Waals surface area contributed by atoms with Gasteiger partial charge in [-0.2, -0.15) is 10.2 Å². The molecule has 0 radical (unpaired) electrons. The second-order valence-corrected chi connectivity index (χ2v) is 6.53. The predicted octanol–water partition coefficient (Wildman–Crippen LogP) is 2.55. The predicted molar refractivity (Wildman–Crippen MR) is 105 cm³/mol. The molecule has 0 fully saturated rings. The average molecular weight is 427 g/mol. The van der Waals surface area contributed by atoms with Gasteiger partial charge in [0.2, 0.25) is 5.76 Å². The first-order chi connectivity index (χ1) is 14.6. The molecule has 0 spiro atoms. The number of nitrogens with one attached hydrogen (secondary N) is 1. The summed E-state index contributed by atoms with van der Waals surface area (Å²) in [6.45, 7) is -0.127. The molecule has 0 aliphatic rings. The molecule has 0 bridgehead atoms. The highest BCUT2D eigenvalue weighted by Crippen LogP contribution is 2.24. The first kappa shape index (κ1) is 19.4. The van der Waals surface area contributed by atoms with Crippen LogP contribution < -0.4 is 5.32 Å². The molecule has 4 rings (SSSR count). The summed E-state index contributed by atoms with van der Waals surface area (Å²) in [5, 5.41) is 11.2. The number of hydrogen-bond acceptors (Lipinski definition) is 7. The van der Waals surface area contributed by atoms with Crippen molar-refractivity contribution in [3.8, 4) is 5.69 Å². The van der Waals surface area contributed by atoms with Crippen molar-refractivity contribution in [1.82, 2.24) is 24.5 Å². The summed E-state index contributed by atoms with van der Waals surface area (Å²) in [4.78, 5) is 28.3. The van der Waals surface area contributed by atoms with E-state index < -0.39 is 18.5 Å². The Balaban J connectivity index is 1.36.